The van der Waals surface area contributed by atoms with Gasteiger partial charge in [-0.1, -0.05) is 24.3 Å². The molecule has 1 N–H and O–H groups in total. The molecule has 2 aromatic rings. The van der Waals surface area contributed by atoms with E-state index in [1.165, 1.54) is 36.8 Å². The molecule has 0 spiro atoms. The van der Waals surface area contributed by atoms with E-state index in [0.717, 1.165) is 0 Å². The Kier molecular flexibility index (Phi) is 4.35. The van der Waals surface area contributed by atoms with Crippen LogP contribution in [0.3, 0.4) is 0 Å². The van der Waals surface area contributed by atoms with Gasteiger partial charge >= 0.3 is 0 Å². The summed E-state index contributed by atoms with van der Waals surface area (Å²) in [5.74, 6) is 0. The van der Waals surface area contributed by atoms with Crippen LogP contribution in [0.4, 0.5) is 0 Å². The third-order valence-electron chi connectivity index (χ3n) is 4.56. The predicted octanol–water partition coefficient (Wildman–Crippen LogP) is 4.37. The molecule has 0 aliphatic heterocycles. The molecule has 1 unspecified atom stereocenters. The lowest BCUT2D eigenvalue weighted by Gasteiger charge is -2.23. The van der Waals surface area contributed by atoms with E-state index in [1.54, 1.807) is 11.1 Å². The number of rotatable bonds is 4. The Labute approximate surface area is 127 Å². The van der Waals surface area contributed by atoms with Crippen LogP contribution >= 0.6 is 0 Å². The number of pyridine rings is 1. The zero-order chi connectivity index (χ0) is 14.7. The molecule has 1 aliphatic carbocycles. The summed E-state index contributed by atoms with van der Waals surface area (Å²) in [6.45, 7) is 4.45. The van der Waals surface area contributed by atoms with Gasteiger partial charge in [0.2, 0.25) is 0 Å². The predicted molar refractivity (Wildman–Crippen MR) is 87.3 cm³/mol. The summed E-state index contributed by atoms with van der Waals surface area (Å²) in [5.41, 5.74) is 5.74. The fraction of sp³-hybridized carbons (Fsp3) is 0.421. The van der Waals surface area contributed by atoms with Gasteiger partial charge in [0.15, 0.2) is 0 Å². The van der Waals surface area contributed by atoms with Crippen LogP contribution in [0.2, 0.25) is 0 Å². The molecule has 0 fully saturated rings. The Hall–Kier alpha value is -1.67. The normalized spacial score (nSPS) is 17.0. The lowest BCUT2D eigenvalue weighted by Crippen LogP contribution is -2.23. The highest BCUT2D eigenvalue weighted by Gasteiger charge is 2.14. The van der Waals surface area contributed by atoms with Crippen molar-refractivity contribution < 1.29 is 0 Å². The number of nitrogens with one attached hydrogen (secondary N) is 1. The standard InChI is InChI=1S/C19H24N2/c1-14(21-15(2)19-8-5-11-20-13-19)17-10-9-16-6-3-4-7-18(16)12-17/h5,8-15,21H,3-4,6-7H2,1-2H3/t14?,15-/m1/s1. The Balaban J connectivity index is 1.72. The molecule has 2 nitrogen and oxygen atoms in total. The molecule has 1 aliphatic rings. The Morgan fingerprint density at radius 2 is 1.71 bits per heavy atom. The smallest absolute Gasteiger partial charge is 0.0315 e. The zero-order valence-corrected chi connectivity index (χ0v) is 13.0. The highest BCUT2D eigenvalue weighted by atomic mass is 14.9. The number of fused-ring (bicyclic) bond motifs is 1. The quantitative estimate of drug-likeness (QED) is 0.899. The summed E-state index contributed by atoms with van der Waals surface area (Å²) in [4.78, 5) is 4.20. The van der Waals surface area contributed by atoms with E-state index in [0.29, 0.717) is 12.1 Å². The molecule has 1 aromatic heterocycles. The molecule has 2 heteroatoms. The van der Waals surface area contributed by atoms with Gasteiger partial charge in [-0.2, -0.15) is 0 Å². The molecular weight excluding hydrogens is 256 g/mol. The molecule has 2 atom stereocenters. The van der Waals surface area contributed by atoms with Gasteiger partial charge in [-0.25, -0.2) is 0 Å². The number of aromatic nitrogens is 1. The third-order valence-corrected chi connectivity index (χ3v) is 4.56. The SMILES string of the molecule is CC(N[C@H](C)c1cccnc1)c1ccc2c(c1)CCCC2. The van der Waals surface area contributed by atoms with Crippen molar-refractivity contribution in [3.63, 3.8) is 0 Å². The van der Waals surface area contributed by atoms with Crippen LogP contribution in [0.25, 0.3) is 0 Å². The van der Waals surface area contributed by atoms with E-state index in [1.807, 2.05) is 18.5 Å². The van der Waals surface area contributed by atoms with Gasteiger partial charge in [0.1, 0.15) is 0 Å². The van der Waals surface area contributed by atoms with E-state index in [9.17, 15) is 0 Å². The average Bonchev–Trinajstić information content (AvgIpc) is 2.55. The first-order valence-corrected chi connectivity index (χ1v) is 8.01. The topological polar surface area (TPSA) is 24.9 Å². The van der Waals surface area contributed by atoms with Crippen molar-refractivity contribution in [1.29, 1.82) is 0 Å². The minimum absolute atomic E-state index is 0.310. The van der Waals surface area contributed by atoms with Crippen molar-refractivity contribution in [2.75, 3.05) is 0 Å². The maximum atomic E-state index is 4.20. The number of hydrogen-bond acceptors (Lipinski definition) is 2. The Morgan fingerprint density at radius 3 is 2.48 bits per heavy atom. The molecule has 0 bridgehead atoms. The average molecular weight is 280 g/mol. The van der Waals surface area contributed by atoms with Crippen molar-refractivity contribution in [3.8, 4) is 0 Å². The first-order valence-electron chi connectivity index (χ1n) is 8.01. The maximum Gasteiger partial charge on any atom is 0.0315 e. The van der Waals surface area contributed by atoms with E-state index < -0.39 is 0 Å². The highest BCUT2D eigenvalue weighted by molar-refractivity contribution is 5.35. The van der Waals surface area contributed by atoms with Gasteiger partial charge in [0.05, 0.1) is 0 Å². The van der Waals surface area contributed by atoms with Crippen molar-refractivity contribution in [2.45, 2.75) is 51.6 Å². The second kappa shape index (κ2) is 6.40. The van der Waals surface area contributed by atoms with Gasteiger partial charge in [0, 0.05) is 24.5 Å². The van der Waals surface area contributed by atoms with Gasteiger partial charge in [-0.3, -0.25) is 4.98 Å². The lowest BCUT2D eigenvalue weighted by atomic mass is 9.89. The highest BCUT2D eigenvalue weighted by Crippen LogP contribution is 2.26. The first kappa shape index (κ1) is 14.3. The molecule has 3 rings (SSSR count). The van der Waals surface area contributed by atoms with Gasteiger partial charge in [-0.05, 0) is 67.9 Å². The minimum Gasteiger partial charge on any atom is -0.304 e. The molecule has 0 saturated heterocycles. The molecule has 0 amide bonds. The molecule has 1 heterocycles. The summed E-state index contributed by atoms with van der Waals surface area (Å²) >= 11 is 0. The molecular formula is C19H24N2. The van der Waals surface area contributed by atoms with Crippen LogP contribution in [0.15, 0.2) is 42.7 Å². The van der Waals surface area contributed by atoms with Gasteiger partial charge < -0.3 is 5.32 Å². The Bertz CT molecular complexity index is 592. The van der Waals surface area contributed by atoms with E-state index in [2.05, 4.69) is 48.4 Å². The largest absolute Gasteiger partial charge is 0.304 e. The summed E-state index contributed by atoms with van der Waals surface area (Å²) in [7, 11) is 0. The Morgan fingerprint density at radius 1 is 0.952 bits per heavy atom. The number of benzene rings is 1. The van der Waals surface area contributed by atoms with Gasteiger partial charge in [0.25, 0.3) is 0 Å². The second-order valence-electron chi connectivity index (χ2n) is 6.13. The maximum absolute atomic E-state index is 4.20. The van der Waals surface area contributed by atoms with Gasteiger partial charge in [-0.15, -0.1) is 0 Å². The van der Waals surface area contributed by atoms with E-state index in [4.69, 9.17) is 0 Å². The van der Waals surface area contributed by atoms with Crippen LogP contribution in [0.1, 0.15) is 61.0 Å². The molecule has 0 saturated carbocycles. The summed E-state index contributed by atoms with van der Waals surface area (Å²) < 4.78 is 0. The summed E-state index contributed by atoms with van der Waals surface area (Å²) in [5, 5.41) is 3.68. The number of nitrogens with zero attached hydrogens (tertiary/aromatic N) is 1. The molecule has 110 valence electrons. The minimum atomic E-state index is 0.310. The number of hydrogen-bond donors (Lipinski definition) is 1. The van der Waals surface area contributed by atoms with Crippen molar-refractivity contribution in [1.82, 2.24) is 10.3 Å². The van der Waals surface area contributed by atoms with E-state index in [-0.39, 0.29) is 0 Å². The first-order chi connectivity index (χ1) is 10.2. The fourth-order valence-corrected chi connectivity index (χ4v) is 3.22. The molecule has 1 aromatic carbocycles. The van der Waals surface area contributed by atoms with Crippen LogP contribution in [0.5, 0.6) is 0 Å². The van der Waals surface area contributed by atoms with Crippen LogP contribution in [-0.4, -0.2) is 4.98 Å². The van der Waals surface area contributed by atoms with Crippen LogP contribution < -0.4 is 5.32 Å². The number of aryl methyl sites for hydroxylation is 2. The van der Waals surface area contributed by atoms with Crippen LogP contribution in [0, 0.1) is 0 Å². The van der Waals surface area contributed by atoms with Crippen molar-refractivity contribution in [2.24, 2.45) is 0 Å². The summed E-state index contributed by atoms with van der Waals surface area (Å²) in [6.07, 6.45) is 8.94. The van der Waals surface area contributed by atoms with Crippen LogP contribution in [-0.2, 0) is 12.8 Å². The lowest BCUT2D eigenvalue weighted by molar-refractivity contribution is 0.493. The monoisotopic (exact) mass is 280 g/mol. The van der Waals surface area contributed by atoms with Crippen molar-refractivity contribution >= 4 is 0 Å². The fourth-order valence-electron chi connectivity index (χ4n) is 3.22. The third kappa shape index (κ3) is 3.33. The summed E-state index contributed by atoms with van der Waals surface area (Å²) in [6, 6.07) is 11.8. The second-order valence-corrected chi connectivity index (χ2v) is 6.13. The zero-order valence-electron chi connectivity index (χ0n) is 13.0. The van der Waals surface area contributed by atoms with Crippen molar-refractivity contribution in [3.05, 3.63) is 65.0 Å². The molecule has 0 radical (unpaired) electrons. The van der Waals surface area contributed by atoms with E-state index >= 15 is 0 Å². The molecule has 21 heavy (non-hydrogen) atoms.